The van der Waals surface area contributed by atoms with Crippen molar-refractivity contribution in [1.82, 2.24) is 5.32 Å². The van der Waals surface area contributed by atoms with E-state index in [-0.39, 0.29) is 11.8 Å². The van der Waals surface area contributed by atoms with Crippen LogP contribution in [0, 0.1) is 0 Å². The zero-order valence-corrected chi connectivity index (χ0v) is 15.7. The number of amides is 1. The molecule has 3 nitrogen and oxygen atoms in total. The average molecular weight is 358 g/mol. The molecule has 0 saturated heterocycles. The fourth-order valence-electron chi connectivity index (χ4n) is 3.23. The highest BCUT2D eigenvalue weighted by molar-refractivity contribution is 5.87. The van der Waals surface area contributed by atoms with Crippen molar-refractivity contribution in [1.29, 1.82) is 0 Å². The van der Waals surface area contributed by atoms with Gasteiger partial charge in [-0.25, -0.2) is 0 Å². The van der Waals surface area contributed by atoms with Crippen LogP contribution in [0.1, 0.15) is 23.5 Å². The van der Waals surface area contributed by atoms with Gasteiger partial charge in [0.05, 0.1) is 5.92 Å². The fourth-order valence-corrected chi connectivity index (χ4v) is 3.23. The number of carbonyl (C=O) groups excluding carboxylic acids is 1. The number of benzene rings is 3. The van der Waals surface area contributed by atoms with Crippen LogP contribution in [0.5, 0.6) is 0 Å². The quantitative estimate of drug-likeness (QED) is 0.603. The van der Waals surface area contributed by atoms with Crippen LogP contribution < -0.4 is 10.2 Å². The van der Waals surface area contributed by atoms with Gasteiger partial charge in [-0.3, -0.25) is 4.79 Å². The molecule has 0 aliphatic carbocycles. The molecule has 0 spiro atoms. The molecule has 0 aliphatic heterocycles. The lowest BCUT2D eigenvalue weighted by molar-refractivity contribution is -0.121. The van der Waals surface area contributed by atoms with Crippen LogP contribution in [0.3, 0.4) is 0 Å². The van der Waals surface area contributed by atoms with Crippen LogP contribution in [0.4, 0.5) is 5.69 Å². The minimum atomic E-state index is -0.278. The van der Waals surface area contributed by atoms with Gasteiger partial charge in [-0.05, 0) is 29.7 Å². The van der Waals surface area contributed by atoms with Crippen molar-refractivity contribution < 1.29 is 4.79 Å². The largest absolute Gasteiger partial charge is 0.375 e. The Morgan fingerprint density at radius 2 is 1.30 bits per heavy atom. The predicted molar refractivity (Wildman–Crippen MR) is 112 cm³/mol. The molecule has 3 heteroatoms. The van der Waals surface area contributed by atoms with Crippen molar-refractivity contribution in [3.8, 4) is 0 Å². The number of rotatable bonds is 8. The monoisotopic (exact) mass is 358 g/mol. The Morgan fingerprint density at radius 3 is 1.81 bits per heavy atom. The first kappa shape index (κ1) is 18.7. The summed E-state index contributed by atoms with van der Waals surface area (Å²) < 4.78 is 0. The van der Waals surface area contributed by atoms with Crippen molar-refractivity contribution in [2.75, 3.05) is 25.0 Å². The van der Waals surface area contributed by atoms with E-state index in [1.54, 1.807) is 0 Å². The smallest absolute Gasteiger partial charge is 0.232 e. The standard InChI is InChI=1S/C24H26N2O/c1-26(22-16-9-4-10-17-22)19-11-18-25-24(27)23(20-12-5-2-6-13-20)21-14-7-3-8-15-21/h2-10,12-17,23H,11,18-19H2,1H3,(H,25,27). The molecule has 0 atom stereocenters. The average Bonchev–Trinajstić information content (AvgIpc) is 2.73. The van der Waals surface area contributed by atoms with Crippen LogP contribution in [0.15, 0.2) is 91.0 Å². The summed E-state index contributed by atoms with van der Waals surface area (Å²) >= 11 is 0. The Balaban J connectivity index is 1.59. The zero-order valence-electron chi connectivity index (χ0n) is 15.7. The van der Waals surface area contributed by atoms with Crippen LogP contribution >= 0.6 is 0 Å². The Kier molecular flexibility index (Phi) is 6.64. The SMILES string of the molecule is CN(CCCNC(=O)C(c1ccccc1)c1ccccc1)c1ccccc1. The zero-order chi connectivity index (χ0) is 18.9. The molecule has 0 saturated carbocycles. The van der Waals surface area contributed by atoms with Crippen molar-refractivity contribution in [2.45, 2.75) is 12.3 Å². The Bertz CT molecular complexity index is 779. The first-order valence-corrected chi connectivity index (χ1v) is 9.39. The molecule has 0 fully saturated rings. The Hall–Kier alpha value is -3.07. The summed E-state index contributed by atoms with van der Waals surface area (Å²) in [6.07, 6.45) is 0.896. The summed E-state index contributed by atoms with van der Waals surface area (Å²) in [5.74, 6) is -0.228. The van der Waals surface area contributed by atoms with Gasteiger partial charge in [0, 0.05) is 25.8 Å². The number of anilines is 1. The third kappa shape index (κ3) is 5.20. The third-order valence-electron chi connectivity index (χ3n) is 4.69. The topological polar surface area (TPSA) is 32.3 Å². The fraction of sp³-hybridized carbons (Fsp3) is 0.208. The highest BCUT2D eigenvalue weighted by Gasteiger charge is 2.21. The predicted octanol–water partition coefficient (Wildman–Crippen LogP) is 4.46. The first-order chi connectivity index (χ1) is 13.3. The molecule has 0 aliphatic rings. The van der Waals surface area contributed by atoms with Crippen molar-refractivity contribution in [3.05, 3.63) is 102 Å². The summed E-state index contributed by atoms with van der Waals surface area (Å²) in [4.78, 5) is 15.1. The van der Waals surface area contributed by atoms with E-state index in [0.29, 0.717) is 6.54 Å². The molecule has 0 bridgehead atoms. The molecule has 0 unspecified atom stereocenters. The maximum absolute atomic E-state index is 12.9. The summed E-state index contributed by atoms with van der Waals surface area (Å²) in [5.41, 5.74) is 3.22. The molecule has 0 heterocycles. The van der Waals surface area contributed by atoms with Gasteiger partial charge in [0.25, 0.3) is 0 Å². The molecule has 138 valence electrons. The molecular formula is C24H26N2O. The second kappa shape index (κ2) is 9.58. The molecule has 3 rings (SSSR count). The Labute approximate surface area is 161 Å². The minimum Gasteiger partial charge on any atom is -0.375 e. The number of para-hydroxylation sites is 1. The van der Waals surface area contributed by atoms with E-state index in [1.165, 1.54) is 5.69 Å². The molecule has 1 amide bonds. The normalized spacial score (nSPS) is 10.6. The summed E-state index contributed by atoms with van der Waals surface area (Å²) in [7, 11) is 2.08. The second-order valence-corrected chi connectivity index (χ2v) is 6.66. The van der Waals surface area contributed by atoms with Crippen LogP contribution in [0.2, 0.25) is 0 Å². The van der Waals surface area contributed by atoms with Crippen molar-refractivity contribution >= 4 is 11.6 Å². The maximum Gasteiger partial charge on any atom is 0.232 e. The van der Waals surface area contributed by atoms with Gasteiger partial charge in [0.2, 0.25) is 5.91 Å². The molecular weight excluding hydrogens is 332 g/mol. The van der Waals surface area contributed by atoms with Crippen LogP contribution in [-0.2, 0) is 4.79 Å². The highest BCUT2D eigenvalue weighted by atomic mass is 16.1. The molecule has 1 N–H and O–H groups in total. The summed E-state index contributed by atoms with van der Waals surface area (Å²) in [6, 6.07) is 30.2. The first-order valence-electron chi connectivity index (χ1n) is 9.39. The van der Waals surface area contributed by atoms with Gasteiger partial charge in [-0.2, -0.15) is 0 Å². The lowest BCUT2D eigenvalue weighted by Gasteiger charge is -2.20. The number of carbonyl (C=O) groups is 1. The molecule has 27 heavy (non-hydrogen) atoms. The summed E-state index contributed by atoms with van der Waals surface area (Å²) in [5, 5.41) is 3.12. The van der Waals surface area contributed by atoms with E-state index in [1.807, 2.05) is 78.9 Å². The van der Waals surface area contributed by atoms with E-state index >= 15 is 0 Å². The van der Waals surface area contributed by atoms with Crippen LogP contribution in [-0.4, -0.2) is 26.0 Å². The van der Waals surface area contributed by atoms with Gasteiger partial charge in [0.1, 0.15) is 0 Å². The highest BCUT2D eigenvalue weighted by Crippen LogP contribution is 2.24. The lowest BCUT2D eigenvalue weighted by atomic mass is 9.90. The van der Waals surface area contributed by atoms with E-state index in [4.69, 9.17) is 0 Å². The minimum absolute atomic E-state index is 0.0507. The number of hydrogen-bond acceptors (Lipinski definition) is 2. The number of nitrogens with zero attached hydrogens (tertiary/aromatic N) is 1. The summed E-state index contributed by atoms with van der Waals surface area (Å²) in [6.45, 7) is 1.55. The van der Waals surface area contributed by atoms with E-state index in [2.05, 4.69) is 29.4 Å². The van der Waals surface area contributed by atoms with Crippen molar-refractivity contribution in [2.24, 2.45) is 0 Å². The Morgan fingerprint density at radius 1 is 0.815 bits per heavy atom. The number of nitrogens with one attached hydrogen (secondary N) is 1. The third-order valence-corrected chi connectivity index (χ3v) is 4.69. The molecule has 0 radical (unpaired) electrons. The van der Waals surface area contributed by atoms with Gasteiger partial charge in [0.15, 0.2) is 0 Å². The molecule has 0 aromatic heterocycles. The molecule has 3 aromatic rings. The van der Waals surface area contributed by atoms with Gasteiger partial charge >= 0.3 is 0 Å². The van der Waals surface area contributed by atoms with E-state index in [9.17, 15) is 4.79 Å². The van der Waals surface area contributed by atoms with E-state index < -0.39 is 0 Å². The van der Waals surface area contributed by atoms with Gasteiger partial charge in [-0.1, -0.05) is 78.9 Å². The lowest BCUT2D eigenvalue weighted by Crippen LogP contribution is -2.32. The second-order valence-electron chi connectivity index (χ2n) is 6.66. The van der Waals surface area contributed by atoms with Gasteiger partial charge in [-0.15, -0.1) is 0 Å². The molecule has 3 aromatic carbocycles. The number of hydrogen-bond donors (Lipinski definition) is 1. The van der Waals surface area contributed by atoms with E-state index in [0.717, 1.165) is 24.1 Å². The van der Waals surface area contributed by atoms with Crippen LogP contribution in [0.25, 0.3) is 0 Å². The van der Waals surface area contributed by atoms with Gasteiger partial charge < -0.3 is 10.2 Å². The maximum atomic E-state index is 12.9. The van der Waals surface area contributed by atoms with Crippen molar-refractivity contribution in [3.63, 3.8) is 0 Å².